The van der Waals surface area contributed by atoms with Crippen molar-refractivity contribution in [3.8, 4) is 5.75 Å². The number of halogens is 2. The number of amides is 4. The monoisotopic (exact) mass is 985 g/mol. The van der Waals surface area contributed by atoms with Gasteiger partial charge in [-0.2, -0.15) is 0 Å². The molecule has 6 rings (SSSR count). The first-order valence-electron chi connectivity index (χ1n) is 25.5. The molecule has 0 saturated carbocycles. The lowest BCUT2D eigenvalue weighted by molar-refractivity contribution is -0.878. The number of carbonyl (C=O) groups is 5. The van der Waals surface area contributed by atoms with E-state index >= 15 is 8.63 Å². The van der Waals surface area contributed by atoms with Crippen molar-refractivity contribution >= 4 is 60.5 Å². The van der Waals surface area contributed by atoms with Crippen LogP contribution in [0.4, 0.5) is 8.63 Å². The summed E-state index contributed by atoms with van der Waals surface area (Å²) in [6.07, 6.45) is 15.3. The third-order valence-electron chi connectivity index (χ3n) is 13.2. The Morgan fingerprint density at radius 3 is 2.35 bits per heavy atom. The van der Waals surface area contributed by atoms with E-state index in [1.54, 1.807) is 6.08 Å². The maximum Gasteiger partial charge on any atom is 0.737 e. The summed E-state index contributed by atoms with van der Waals surface area (Å²) >= 11 is 0. The van der Waals surface area contributed by atoms with Crippen LogP contribution in [0, 0.1) is 13.8 Å². The lowest BCUT2D eigenvalue weighted by Gasteiger charge is -2.31. The average Bonchev–Trinajstić information content (AvgIpc) is 4.09. The Balaban J connectivity index is 0.949. The number of aryl methyl sites for hydroxylation is 2. The van der Waals surface area contributed by atoms with Crippen LogP contribution in [0.25, 0.3) is 18.2 Å². The van der Waals surface area contributed by atoms with Crippen molar-refractivity contribution in [3.63, 3.8) is 0 Å². The van der Waals surface area contributed by atoms with E-state index in [0.717, 1.165) is 84.9 Å². The number of hydrogen-bond acceptors (Lipinski definition) is 7. The van der Waals surface area contributed by atoms with Gasteiger partial charge < -0.3 is 52.2 Å². The van der Waals surface area contributed by atoms with Gasteiger partial charge in [-0.25, -0.2) is 4.79 Å². The Hall–Kier alpha value is -6.14. The number of allylic oxidation sites excluding steroid dienone is 2. The van der Waals surface area contributed by atoms with Crippen LogP contribution in [0.1, 0.15) is 131 Å². The molecule has 5 heterocycles. The standard InChI is InChI=1S/C53H73BF2N8O7/c1-8-9-16-41-36-48(44-27-20-39(3)58-44)62-47(41)37-46-38(2)35-42(61(46)54(62,55)56)24-21-40-22-25-43(26-23-40)70-34-15-18-49(65)59-45(17-12-14-33-64(5,6)7)53(69)57-30-32-60(4)31-13-10-11-19-52(68)71-63-50(66)28-29-51(63)67/h20-27,35-37,45,58H,8-19,28-34H2,1-7H3,(H-,57,59,65,69)/p+2/b24-21+. The van der Waals surface area contributed by atoms with Gasteiger partial charge in [0.15, 0.2) is 11.4 Å². The van der Waals surface area contributed by atoms with Crippen LogP contribution in [0.3, 0.4) is 0 Å². The topological polar surface area (TPSA) is 159 Å². The van der Waals surface area contributed by atoms with Crippen LogP contribution in [0.2, 0.25) is 0 Å². The van der Waals surface area contributed by atoms with Crippen LogP contribution in [-0.4, -0.2) is 133 Å². The number of imide groups is 1. The molecule has 1 saturated heterocycles. The Morgan fingerprint density at radius 1 is 0.915 bits per heavy atom. The van der Waals surface area contributed by atoms with Crippen molar-refractivity contribution in [1.82, 2.24) is 25.2 Å². The molecule has 1 aromatic carbocycles. The highest BCUT2D eigenvalue weighted by molar-refractivity contribution is 6.58. The first kappa shape index (κ1) is 54.2. The predicted molar refractivity (Wildman–Crippen MR) is 272 cm³/mol. The number of hydrogen-bond donors (Lipinski definition) is 4. The van der Waals surface area contributed by atoms with E-state index in [4.69, 9.17) is 9.57 Å². The molecule has 3 aliphatic heterocycles. The van der Waals surface area contributed by atoms with Crippen LogP contribution in [-0.2, 0) is 28.8 Å². The fourth-order valence-corrected chi connectivity index (χ4v) is 9.19. The summed E-state index contributed by atoms with van der Waals surface area (Å²) in [6.45, 7) is 4.86. The highest BCUT2D eigenvalue weighted by atomic mass is 19.2. The molecule has 4 N–H and O–H groups in total. The molecule has 384 valence electrons. The second-order valence-electron chi connectivity index (χ2n) is 20.3. The molecule has 2 unspecified atom stereocenters. The van der Waals surface area contributed by atoms with Gasteiger partial charge in [-0.15, -0.1) is 5.06 Å². The maximum atomic E-state index is 16.9. The number of quaternary nitrogens is 2. The lowest BCUT2D eigenvalue weighted by Crippen LogP contribution is -3.09. The van der Waals surface area contributed by atoms with Crippen LogP contribution in [0.15, 0.2) is 59.8 Å². The van der Waals surface area contributed by atoms with E-state index in [0.29, 0.717) is 71.7 Å². The third kappa shape index (κ3) is 15.0. The summed E-state index contributed by atoms with van der Waals surface area (Å²) in [6, 6.07) is 12.3. The second kappa shape index (κ2) is 24.8. The zero-order valence-corrected chi connectivity index (χ0v) is 42.8. The molecule has 2 aromatic heterocycles. The number of likely N-dealkylation sites (N-methyl/N-ethyl adjacent to an activating group) is 1. The molecule has 0 aliphatic carbocycles. The molecular weight excluding hydrogens is 909 g/mol. The first-order valence-corrected chi connectivity index (χ1v) is 25.5. The SMILES string of the molecule is CCCCC1=CC(c2ccc(C)[nH]2)=[N+]2C1=Cc1c(C)cc(/C=C/c3ccc(OCCCC(=O)NC(CCCC[N+](C)(C)C)C(=O)NCC[NH+](C)CCCCCC(=O)ON4C(=O)CCC4=O)cc3)n1[B-]2(F)F. The Kier molecular flexibility index (Phi) is 18.9. The van der Waals surface area contributed by atoms with E-state index < -0.39 is 30.8 Å². The molecule has 4 amide bonds. The van der Waals surface area contributed by atoms with Gasteiger partial charge in [0.2, 0.25) is 11.8 Å². The molecule has 0 bridgehead atoms. The smallest absolute Gasteiger partial charge is 0.494 e. The molecule has 1 fully saturated rings. The number of ether oxygens (including phenoxy) is 1. The Bertz CT molecular complexity index is 2500. The summed E-state index contributed by atoms with van der Waals surface area (Å²) in [5, 5.41) is 6.55. The zero-order valence-electron chi connectivity index (χ0n) is 42.8. The number of aromatic nitrogens is 2. The van der Waals surface area contributed by atoms with Gasteiger partial charge in [-0.3, -0.25) is 19.2 Å². The molecular formula is C53H75BF2N8O7+2. The van der Waals surface area contributed by atoms with E-state index in [9.17, 15) is 24.0 Å². The molecule has 2 atom stereocenters. The molecule has 18 heteroatoms. The minimum Gasteiger partial charge on any atom is -0.494 e. The van der Waals surface area contributed by atoms with Gasteiger partial charge in [0.25, 0.3) is 11.8 Å². The number of nitrogens with zero attached hydrogens (tertiary/aromatic N) is 4. The third-order valence-corrected chi connectivity index (χ3v) is 13.2. The van der Waals surface area contributed by atoms with Crippen LogP contribution < -0.4 is 20.3 Å². The van der Waals surface area contributed by atoms with Gasteiger partial charge in [0.1, 0.15) is 17.5 Å². The number of H-pyrrole nitrogens is 1. The summed E-state index contributed by atoms with van der Waals surface area (Å²) in [4.78, 5) is 71.3. The van der Waals surface area contributed by atoms with E-state index in [-0.39, 0.29) is 44.1 Å². The summed E-state index contributed by atoms with van der Waals surface area (Å²) in [5.41, 5.74) is 6.08. The fourth-order valence-electron chi connectivity index (χ4n) is 9.19. The Labute approximate surface area is 417 Å². The molecule has 15 nitrogen and oxygen atoms in total. The summed E-state index contributed by atoms with van der Waals surface area (Å²) in [5.74, 6) is -1.39. The Morgan fingerprint density at radius 2 is 1.66 bits per heavy atom. The quantitative estimate of drug-likeness (QED) is 0.0295. The summed E-state index contributed by atoms with van der Waals surface area (Å²) in [7, 11) is 8.41. The molecule has 3 aliphatic rings. The summed E-state index contributed by atoms with van der Waals surface area (Å²) < 4.78 is 43.1. The minimum atomic E-state index is -4.23. The number of carbonyl (C=O) groups excluding carboxylic acids is 5. The average molecular weight is 985 g/mol. The number of hydroxylamine groups is 2. The van der Waals surface area contributed by atoms with Crippen LogP contribution >= 0.6 is 0 Å². The molecule has 0 radical (unpaired) electrons. The zero-order chi connectivity index (χ0) is 51.3. The van der Waals surface area contributed by atoms with Crippen LogP contribution in [0.5, 0.6) is 5.75 Å². The van der Waals surface area contributed by atoms with Gasteiger partial charge in [0.05, 0.1) is 61.0 Å². The number of aromatic amines is 1. The second-order valence-corrected chi connectivity index (χ2v) is 20.3. The number of nitrogens with one attached hydrogen (secondary N) is 4. The predicted octanol–water partition coefficient (Wildman–Crippen LogP) is 6.13. The van der Waals surface area contributed by atoms with Crippen molar-refractivity contribution in [2.24, 2.45) is 0 Å². The minimum absolute atomic E-state index is 0.0630. The number of fused-ring (bicyclic) bond motifs is 2. The fraction of sp³-hybridized carbons (Fsp3) is 0.509. The van der Waals surface area contributed by atoms with E-state index in [1.807, 2.05) is 81.6 Å². The normalized spacial score (nSPS) is 16.2. The maximum absolute atomic E-state index is 16.9. The van der Waals surface area contributed by atoms with Crippen molar-refractivity contribution in [1.29, 1.82) is 0 Å². The van der Waals surface area contributed by atoms with Gasteiger partial charge in [-0.1, -0.05) is 31.6 Å². The van der Waals surface area contributed by atoms with Gasteiger partial charge >= 0.3 is 12.9 Å². The number of benzene rings is 1. The number of unbranched alkanes of at least 4 members (excludes halogenated alkanes) is 4. The van der Waals surface area contributed by atoms with Crippen molar-refractivity contribution in [3.05, 3.63) is 93.7 Å². The van der Waals surface area contributed by atoms with Gasteiger partial charge in [0, 0.05) is 60.5 Å². The first-order chi connectivity index (χ1) is 33.8. The van der Waals surface area contributed by atoms with E-state index in [1.165, 1.54) is 13.9 Å². The largest absolute Gasteiger partial charge is 0.737 e. The highest BCUT2D eigenvalue weighted by Gasteiger charge is 2.54. The number of rotatable bonds is 28. The molecule has 71 heavy (non-hydrogen) atoms. The highest BCUT2D eigenvalue weighted by Crippen LogP contribution is 2.40. The van der Waals surface area contributed by atoms with Gasteiger partial charge in [-0.05, 0) is 119 Å². The van der Waals surface area contributed by atoms with Crippen molar-refractivity contribution < 1.29 is 56.0 Å². The van der Waals surface area contributed by atoms with E-state index in [2.05, 4.69) is 43.7 Å². The molecule has 0 spiro atoms. The molecule has 3 aromatic rings. The lowest BCUT2D eigenvalue weighted by atomic mass is 9.88. The van der Waals surface area contributed by atoms with Crippen molar-refractivity contribution in [2.45, 2.75) is 117 Å². The van der Waals surface area contributed by atoms with Crippen molar-refractivity contribution in [2.75, 3.05) is 61.0 Å².